The number of amides is 2. The third-order valence-electron chi connectivity index (χ3n) is 2.39. The minimum Gasteiger partial charge on any atom is -0.460 e. The first-order chi connectivity index (χ1) is 10.1. The van der Waals surface area contributed by atoms with Gasteiger partial charge in [0.25, 0.3) is 0 Å². The van der Waals surface area contributed by atoms with Crippen LogP contribution < -0.4 is 11.1 Å². The molecule has 0 radical (unpaired) electrons. The zero-order chi connectivity index (χ0) is 15.5. The molecule has 0 atom stereocenters. The van der Waals surface area contributed by atoms with Crippen LogP contribution in [0.15, 0.2) is 30.3 Å². The van der Waals surface area contributed by atoms with Crippen molar-refractivity contribution in [1.29, 1.82) is 0 Å². The molecule has 114 valence electrons. The van der Waals surface area contributed by atoms with E-state index in [1.54, 1.807) is 0 Å². The molecule has 2 amide bonds. The minimum atomic E-state index is -0.489. The van der Waals surface area contributed by atoms with Gasteiger partial charge < -0.3 is 15.8 Å². The smallest absolute Gasteiger partial charge is 0.325 e. The van der Waals surface area contributed by atoms with Gasteiger partial charge in [-0.15, -0.1) is 0 Å². The molecular formula is C14H18N2O4S. The largest absolute Gasteiger partial charge is 0.460 e. The van der Waals surface area contributed by atoms with Crippen molar-refractivity contribution < 1.29 is 19.1 Å². The topological polar surface area (TPSA) is 98.5 Å². The molecule has 1 aromatic carbocycles. The molecule has 0 unspecified atom stereocenters. The maximum Gasteiger partial charge on any atom is 0.325 e. The molecular weight excluding hydrogens is 292 g/mol. The predicted molar refractivity (Wildman–Crippen MR) is 80.4 cm³/mol. The van der Waals surface area contributed by atoms with E-state index in [9.17, 15) is 14.4 Å². The summed E-state index contributed by atoms with van der Waals surface area (Å²) in [6, 6.07) is 9.29. The normalized spacial score (nSPS) is 9.90. The molecule has 0 fully saturated rings. The van der Waals surface area contributed by atoms with Crippen LogP contribution in [-0.2, 0) is 25.7 Å². The first kappa shape index (κ1) is 17.0. The van der Waals surface area contributed by atoms with Crippen LogP contribution >= 0.6 is 11.8 Å². The van der Waals surface area contributed by atoms with Crippen LogP contribution in [0.25, 0.3) is 0 Å². The highest BCUT2D eigenvalue weighted by Gasteiger charge is 2.07. The number of hydrogen-bond donors (Lipinski definition) is 2. The molecule has 0 saturated heterocycles. The number of thioether (sulfide) groups is 1. The molecule has 0 saturated carbocycles. The Labute approximate surface area is 127 Å². The van der Waals surface area contributed by atoms with Gasteiger partial charge >= 0.3 is 5.97 Å². The standard InChI is InChI=1S/C14H18N2O4S/c15-12(17)10-21-7-6-13(18)16-8-14(19)20-9-11-4-2-1-3-5-11/h1-5H,6-10H2,(H2,15,17)(H,16,18). The van der Waals surface area contributed by atoms with Crippen molar-refractivity contribution in [2.45, 2.75) is 13.0 Å². The van der Waals surface area contributed by atoms with E-state index in [2.05, 4.69) is 5.32 Å². The Morgan fingerprint density at radius 3 is 2.57 bits per heavy atom. The van der Waals surface area contributed by atoms with Crippen molar-refractivity contribution in [3.63, 3.8) is 0 Å². The van der Waals surface area contributed by atoms with Crippen molar-refractivity contribution in [3.8, 4) is 0 Å². The molecule has 0 spiro atoms. The lowest BCUT2D eigenvalue weighted by molar-refractivity contribution is -0.145. The first-order valence-corrected chi connectivity index (χ1v) is 7.55. The van der Waals surface area contributed by atoms with Crippen LogP contribution in [0.5, 0.6) is 0 Å². The van der Waals surface area contributed by atoms with Crippen molar-refractivity contribution >= 4 is 29.5 Å². The molecule has 0 aliphatic carbocycles. The zero-order valence-corrected chi connectivity index (χ0v) is 12.4. The second kappa shape index (κ2) is 9.82. The number of hydrogen-bond acceptors (Lipinski definition) is 5. The second-order valence-electron chi connectivity index (χ2n) is 4.19. The van der Waals surface area contributed by atoms with Gasteiger partial charge in [-0.3, -0.25) is 14.4 Å². The summed E-state index contributed by atoms with van der Waals surface area (Å²) in [6.07, 6.45) is 0.226. The monoisotopic (exact) mass is 310 g/mol. The lowest BCUT2D eigenvalue weighted by Crippen LogP contribution is -2.30. The van der Waals surface area contributed by atoms with Crippen molar-refractivity contribution in [2.24, 2.45) is 5.73 Å². The third-order valence-corrected chi connectivity index (χ3v) is 3.37. The fourth-order valence-corrected chi connectivity index (χ4v) is 2.06. The van der Waals surface area contributed by atoms with E-state index < -0.39 is 11.9 Å². The molecule has 1 rings (SSSR count). The van der Waals surface area contributed by atoms with Gasteiger partial charge in [-0.1, -0.05) is 30.3 Å². The lowest BCUT2D eigenvalue weighted by Gasteiger charge is -2.06. The Morgan fingerprint density at radius 2 is 1.90 bits per heavy atom. The molecule has 0 aliphatic rings. The minimum absolute atomic E-state index is 0.161. The molecule has 0 bridgehead atoms. The average molecular weight is 310 g/mol. The van der Waals surface area contributed by atoms with Gasteiger partial charge in [0.15, 0.2) is 0 Å². The van der Waals surface area contributed by atoms with E-state index in [4.69, 9.17) is 10.5 Å². The summed E-state index contributed by atoms with van der Waals surface area (Å²) in [4.78, 5) is 33.3. The highest BCUT2D eigenvalue weighted by atomic mass is 32.2. The lowest BCUT2D eigenvalue weighted by atomic mass is 10.2. The maximum atomic E-state index is 11.4. The van der Waals surface area contributed by atoms with E-state index in [-0.39, 0.29) is 31.2 Å². The molecule has 1 aromatic rings. The summed E-state index contributed by atoms with van der Waals surface area (Å²) >= 11 is 1.28. The quantitative estimate of drug-likeness (QED) is 0.510. The summed E-state index contributed by atoms with van der Waals surface area (Å²) in [5, 5.41) is 2.46. The fraction of sp³-hybridized carbons (Fsp3) is 0.357. The summed E-state index contributed by atoms with van der Waals surface area (Å²) in [5.41, 5.74) is 5.86. The van der Waals surface area contributed by atoms with Crippen LogP contribution in [0.2, 0.25) is 0 Å². The molecule has 7 heteroatoms. The number of primary amides is 1. The summed E-state index contributed by atoms with van der Waals surface area (Å²) in [7, 11) is 0. The number of nitrogens with one attached hydrogen (secondary N) is 1. The SMILES string of the molecule is NC(=O)CSCCC(=O)NCC(=O)OCc1ccccc1. The van der Waals surface area contributed by atoms with Crippen molar-refractivity contribution in [1.82, 2.24) is 5.32 Å². The summed E-state index contributed by atoms with van der Waals surface area (Å²) in [6.45, 7) is 0.0240. The van der Waals surface area contributed by atoms with Gasteiger partial charge in [-0.25, -0.2) is 0 Å². The van der Waals surface area contributed by atoms with Gasteiger partial charge in [0.05, 0.1) is 5.75 Å². The third kappa shape index (κ3) is 8.69. The van der Waals surface area contributed by atoms with Gasteiger partial charge in [-0.05, 0) is 5.56 Å². The first-order valence-electron chi connectivity index (χ1n) is 6.40. The van der Waals surface area contributed by atoms with Crippen LogP contribution in [0.3, 0.4) is 0 Å². The van der Waals surface area contributed by atoms with Crippen LogP contribution in [0, 0.1) is 0 Å². The molecule has 6 nitrogen and oxygen atoms in total. The van der Waals surface area contributed by atoms with E-state index in [1.165, 1.54) is 11.8 Å². The Morgan fingerprint density at radius 1 is 1.19 bits per heavy atom. The number of carbonyl (C=O) groups is 3. The summed E-state index contributed by atoms with van der Waals surface area (Å²) in [5.74, 6) is -0.495. The molecule has 0 aromatic heterocycles. The molecule has 0 heterocycles. The summed E-state index contributed by atoms with van der Waals surface area (Å²) < 4.78 is 5.02. The van der Waals surface area contributed by atoms with Gasteiger partial charge in [0, 0.05) is 12.2 Å². The number of ether oxygens (including phenoxy) is 1. The predicted octanol–water partition coefficient (Wildman–Crippen LogP) is 0.455. The van der Waals surface area contributed by atoms with Gasteiger partial charge in [0.1, 0.15) is 13.2 Å². The number of carbonyl (C=O) groups excluding carboxylic acids is 3. The van der Waals surface area contributed by atoms with E-state index in [1.807, 2.05) is 30.3 Å². The highest BCUT2D eigenvalue weighted by molar-refractivity contribution is 7.99. The number of nitrogens with two attached hydrogens (primary N) is 1. The van der Waals surface area contributed by atoms with Crippen molar-refractivity contribution in [3.05, 3.63) is 35.9 Å². The number of benzene rings is 1. The van der Waals surface area contributed by atoms with Gasteiger partial charge in [-0.2, -0.15) is 11.8 Å². The Balaban J connectivity index is 2.09. The van der Waals surface area contributed by atoms with Gasteiger partial charge in [0.2, 0.25) is 11.8 Å². The number of rotatable bonds is 9. The fourth-order valence-electron chi connectivity index (χ4n) is 1.39. The Bertz CT molecular complexity index is 479. The Hall–Kier alpha value is -2.02. The highest BCUT2D eigenvalue weighted by Crippen LogP contribution is 2.02. The van der Waals surface area contributed by atoms with E-state index in [0.29, 0.717) is 5.75 Å². The number of esters is 1. The maximum absolute atomic E-state index is 11.4. The molecule has 21 heavy (non-hydrogen) atoms. The molecule has 0 aliphatic heterocycles. The molecule has 3 N–H and O–H groups in total. The second-order valence-corrected chi connectivity index (χ2v) is 5.30. The average Bonchev–Trinajstić information content (AvgIpc) is 2.48. The zero-order valence-electron chi connectivity index (χ0n) is 11.5. The van der Waals surface area contributed by atoms with Crippen LogP contribution in [0.4, 0.5) is 0 Å². The van der Waals surface area contributed by atoms with E-state index in [0.717, 1.165) is 5.56 Å². The van der Waals surface area contributed by atoms with E-state index >= 15 is 0 Å². The van der Waals surface area contributed by atoms with Crippen LogP contribution in [-0.4, -0.2) is 35.8 Å². The van der Waals surface area contributed by atoms with Crippen LogP contribution in [0.1, 0.15) is 12.0 Å². The van der Waals surface area contributed by atoms with Crippen molar-refractivity contribution in [2.75, 3.05) is 18.1 Å². The Kier molecular flexibility index (Phi) is 7.96.